The summed E-state index contributed by atoms with van der Waals surface area (Å²) >= 11 is 0. The number of pyridine rings is 1. The Balaban J connectivity index is 2.02. The summed E-state index contributed by atoms with van der Waals surface area (Å²) in [6, 6.07) is 10.8. The van der Waals surface area contributed by atoms with Gasteiger partial charge in [-0.2, -0.15) is 4.98 Å². The molecular formula is C21H26N6O3. The third-order valence-corrected chi connectivity index (χ3v) is 4.13. The molecule has 158 valence electrons. The van der Waals surface area contributed by atoms with Gasteiger partial charge in [0, 0.05) is 13.1 Å². The fraction of sp³-hybridized carbons (Fsp3) is 0.333. The van der Waals surface area contributed by atoms with Gasteiger partial charge < -0.3 is 15.4 Å². The molecule has 0 saturated carbocycles. The zero-order chi connectivity index (χ0) is 21.7. The lowest BCUT2D eigenvalue weighted by Gasteiger charge is -2.11. The number of urea groups is 1. The van der Waals surface area contributed by atoms with Crippen molar-refractivity contribution in [3.05, 3.63) is 42.1 Å². The molecule has 0 radical (unpaired) electrons. The summed E-state index contributed by atoms with van der Waals surface area (Å²) in [6.07, 6.45) is 0.0864. The number of carbonyl (C=O) groups excluding carboxylic acids is 2. The molecule has 0 spiro atoms. The first-order valence-corrected chi connectivity index (χ1v) is 9.92. The number of hydrogen-bond acceptors (Lipinski definition) is 5. The first kappa shape index (κ1) is 21.1. The molecule has 9 nitrogen and oxygen atoms in total. The minimum Gasteiger partial charge on any atom is -0.491 e. The summed E-state index contributed by atoms with van der Waals surface area (Å²) in [5, 5.41) is 12.3. The average molecular weight is 410 g/mol. The minimum atomic E-state index is -0.408. The van der Waals surface area contributed by atoms with Gasteiger partial charge in [-0.15, -0.1) is 5.10 Å². The molecule has 3 aromatic rings. The second-order valence-corrected chi connectivity index (χ2v) is 6.87. The lowest BCUT2D eigenvalue weighted by molar-refractivity contribution is 0.0948. The monoisotopic (exact) mass is 410 g/mol. The molecule has 3 amide bonds. The van der Waals surface area contributed by atoms with Gasteiger partial charge >= 0.3 is 6.03 Å². The molecule has 0 aliphatic rings. The number of rotatable bonds is 7. The van der Waals surface area contributed by atoms with Crippen LogP contribution in [0.2, 0.25) is 0 Å². The fourth-order valence-corrected chi connectivity index (χ4v) is 2.92. The van der Waals surface area contributed by atoms with Crippen molar-refractivity contribution in [3.8, 4) is 16.9 Å². The quantitative estimate of drug-likeness (QED) is 0.555. The van der Waals surface area contributed by atoms with Crippen LogP contribution in [0, 0.1) is 0 Å². The highest BCUT2D eigenvalue weighted by atomic mass is 16.5. The third kappa shape index (κ3) is 4.86. The van der Waals surface area contributed by atoms with Crippen molar-refractivity contribution in [1.82, 2.24) is 25.2 Å². The number of anilines is 1. The van der Waals surface area contributed by atoms with E-state index in [9.17, 15) is 9.59 Å². The molecule has 0 unspecified atom stereocenters. The molecule has 3 N–H and O–H groups in total. The van der Waals surface area contributed by atoms with Gasteiger partial charge in [-0.05, 0) is 63.1 Å². The molecule has 0 bridgehead atoms. The van der Waals surface area contributed by atoms with E-state index in [1.807, 2.05) is 58.0 Å². The van der Waals surface area contributed by atoms with Crippen LogP contribution in [0.4, 0.5) is 10.7 Å². The van der Waals surface area contributed by atoms with Gasteiger partial charge in [0.2, 0.25) is 0 Å². The molecule has 0 aliphatic carbocycles. The van der Waals surface area contributed by atoms with Gasteiger partial charge in [-0.25, -0.2) is 9.31 Å². The van der Waals surface area contributed by atoms with Crippen LogP contribution in [0.5, 0.6) is 5.75 Å². The molecule has 2 heterocycles. The zero-order valence-corrected chi connectivity index (χ0v) is 17.5. The highest BCUT2D eigenvalue weighted by molar-refractivity contribution is 5.95. The Labute approximate surface area is 174 Å². The topological polar surface area (TPSA) is 110 Å². The van der Waals surface area contributed by atoms with E-state index in [0.29, 0.717) is 24.4 Å². The average Bonchev–Trinajstić information content (AvgIpc) is 3.09. The van der Waals surface area contributed by atoms with E-state index in [4.69, 9.17) is 4.74 Å². The van der Waals surface area contributed by atoms with Gasteiger partial charge in [0.15, 0.2) is 5.65 Å². The van der Waals surface area contributed by atoms with Gasteiger partial charge in [0.05, 0.1) is 6.10 Å². The number of fused-ring (bicyclic) bond motifs is 1. The van der Waals surface area contributed by atoms with Crippen LogP contribution in [0.3, 0.4) is 0 Å². The maximum Gasteiger partial charge on any atom is 0.321 e. The van der Waals surface area contributed by atoms with Crippen molar-refractivity contribution >= 4 is 23.5 Å². The van der Waals surface area contributed by atoms with Crippen molar-refractivity contribution in [2.45, 2.75) is 33.8 Å². The fourth-order valence-electron chi connectivity index (χ4n) is 2.92. The predicted octanol–water partition coefficient (Wildman–Crippen LogP) is 3.07. The molecule has 2 aromatic heterocycles. The second kappa shape index (κ2) is 9.25. The Hall–Kier alpha value is -3.62. The zero-order valence-electron chi connectivity index (χ0n) is 17.5. The normalized spacial score (nSPS) is 10.8. The van der Waals surface area contributed by atoms with Crippen molar-refractivity contribution in [1.29, 1.82) is 0 Å². The number of amides is 3. The SMILES string of the molecule is CCNC(=O)Nc1nc2cc(-c3ccc(OC(C)C)cc3)cc(C(=O)NCC)n2n1. The predicted molar refractivity (Wildman–Crippen MR) is 115 cm³/mol. The Bertz CT molecular complexity index is 1040. The molecule has 1 aromatic carbocycles. The third-order valence-electron chi connectivity index (χ3n) is 4.13. The lowest BCUT2D eigenvalue weighted by Crippen LogP contribution is -2.28. The van der Waals surface area contributed by atoms with Crippen LogP contribution in [-0.4, -0.2) is 45.7 Å². The first-order valence-electron chi connectivity index (χ1n) is 9.92. The number of aromatic nitrogens is 3. The van der Waals surface area contributed by atoms with E-state index in [0.717, 1.165) is 16.9 Å². The number of benzene rings is 1. The van der Waals surface area contributed by atoms with Crippen LogP contribution < -0.4 is 20.7 Å². The van der Waals surface area contributed by atoms with Gasteiger partial charge in [-0.1, -0.05) is 12.1 Å². The van der Waals surface area contributed by atoms with E-state index in [2.05, 4.69) is 26.0 Å². The molecule has 0 saturated heterocycles. The maximum atomic E-state index is 12.6. The van der Waals surface area contributed by atoms with Crippen LogP contribution >= 0.6 is 0 Å². The number of hydrogen-bond donors (Lipinski definition) is 3. The minimum absolute atomic E-state index is 0.0864. The van der Waals surface area contributed by atoms with E-state index in [-0.39, 0.29) is 18.0 Å². The molecule has 3 rings (SSSR count). The highest BCUT2D eigenvalue weighted by Gasteiger charge is 2.17. The van der Waals surface area contributed by atoms with Crippen molar-refractivity contribution in [3.63, 3.8) is 0 Å². The van der Waals surface area contributed by atoms with E-state index < -0.39 is 6.03 Å². The van der Waals surface area contributed by atoms with Crippen LogP contribution in [0.15, 0.2) is 36.4 Å². The summed E-state index contributed by atoms with van der Waals surface area (Å²) in [5.74, 6) is 0.609. The summed E-state index contributed by atoms with van der Waals surface area (Å²) in [5.41, 5.74) is 2.48. The van der Waals surface area contributed by atoms with Crippen LogP contribution in [0.25, 0.3) is 16.8 Å². The van der Waals surface area contributed by atoms with Crippen molar-refractivity contribution in [2.75, 3.05) is 18.4 Å². The van der Waals surface area contributed by atoms with Crippen molar-refractivity contribution in [2.24, 2.45) is 0 Å². The van der Waals surface area contributed by atoms with Crippen LogP contribution in [-0.2, 0) is 0 Å². The van der Waals surface area contributed by atoms with Gasteiger partial charge in [0.1, 0.15) is 11.4 Å². The largest absolute Gasteiger partial charge is 0.491 e. The summed E-state index contributed by atoms with van der Waals surface area (Å²) in [6.45, 7) is 8.55. The molecule has 0 fully saturated rings. The Kier molecular flexibility index (Phi) is 6.51. The molecule has 9 heteroatoms. The standard InChI is InChI=1S/C21H26N6O3/c1-5-22-19(28)17-11-15(14-7-9-16(10-8-14)30-13(3)4)12-18-24-20(26-27(17)18)25-21(29)23-6-2/h7-13H,5-6H2,1-4H3,(H,22,28)(H2,23,25,26,29). The van der Waals surface area contributed by atoms with Crippen LogP contribution in [0.1, 0.15) is 38.2 Å². The Morgan fingerprint density at radius 2 is 1.73 bits per heavy atom. The van der Waals surface area contributed by atoms with Gasteiger partial charge in [0.25, 0.3) is 11.9 Å². The Morgan fingerprint density at radius 1 is 1.03 bits per heavy atom. The molecule has 0 aliphatic heterocycles. The lowest BCUT2D eigenvalue weighted by atomic mass is 10.1. The summed E-state index contributed by atoms with van der Waals surface area (Å²) < 4.78 is 7.12. The van der Waals surface area contributed by atoms with E-state index in [1.165, 1.54) is 4.52 Å². The molecule has 0 atom stereocenters. The summed E-state index contributed by atoms with van der Waals surface area (Å²) in [4.78, 5) is 28.8. The number of ether oxygens (including phenoxy) is 1. The second-order valence-electron chi connectivity index (χ2n) is 6.87. The highest BCUT2D eigenvalue weighted by Crippen LogP contribution is 2.26. The molecular weight excluding hydrogens is 384 g/mol. The number of nitrogens with zero attached hydrogens (tertiary/aromatic N) is 3. The van der Waals surface area contributed by atoms with E-state index >= 15 is 0 Å². The van der Waals surface area contributed by atoms with E-state index in [1.54, 1.807) is 6.07 Å². The van der Waals surface area contributed by atoms with Gasteiger partial charge in [-0.3, -0.25) is 10.1 Å². The summed E-state index contributed by atoms with van der Waals surface area (Å²) in [7, 11) is 0. The number of nitrogens with one attached hydrogen (secondary N) is 3. The number of carbonyl (C=O) groups is 2. The first-order chi connectivity index (χ1) is 14.4. The maximum absolute atomic E-state index is 12.6. The van der Waals surface area contributed by atoms with Crippen molar-refractivity contribution < 1.29 is 14.3 Å². The molecule has 30 heavy (non-hydrogen) atoms. The Morgan fingerprint density at radius 3 is 2.37 bits per heavy atom. The smallest absolute Gasteiger partial charge is 0.321 e.